The average Bonchev–Trinajstić information content (AvgIpc) is 2.13. The van der Waals surface area contributed by atoms with Crippen molar-refractivity contribution < 1.29 is 14.3 Å². The van der Waals surface area contributed by atoms with Crippen molar-refractivity contribution >= 4 is 6.29 Å². The molecule has 0 saturated heterocycles. The van der Waals surface area contributed by atoms with Crippen molar-refractivity contribution in [2.24, 2.45) is 0 Å². The minimum Gasteiger partial charge on any atom is -0.481 e. The molecule has 0 amide bonds. The normalized spacial score (nSPS) is 9.44. The standard InChI is InChI=1S/C6H6O3/c1-4-2-5(3-7)9-6(4)8/h2-3,8H,1H3. The second-order valence-electron chi connectivity index (χ2n) is 1.75. The van der Waals surface area contributed by atoms with E-state index in [0.29, 0.717) is 11.8 Å². The number of aryl methyl sites for hydroxylation is 1. The molecule has 9 heavy (non-hydrogen) atoms. The lowest BCUT2D eigenvalue weighted by Crippen LogP contribution is -1.66. The minimum absolute atomic E-state index is 0.157. The smallest absolute Gasteiger partial charge is 0.285 e. The van der Waals surface area contributed by atoms with E-state index in [9.17, 15) is 4.79 Å². The quantitative estimate of drug-likeness (QED) is 0.573. The Balaban J connectivity index is 3.11. The minimum atomic E-state index is -0.183. The maximum Gasteiger partial charge on any atom is 0.285 e. The lowest BCUT2D eigenvalue weighted by atomic mass is 10.3. The Morgan fingerprint density at radius 2 is 2.44 bits per heavy atom. The first-order valence-corrected chi connectivity index (χ1v) is 2.48. The predicted molar refractivity (Wildman–Crippen MR) is 30.5 cm³/mol. The highest BCUT2D eigenvalue weighted by Gasteiger charge is 2.02. The summed E-state index contributed by atoms with van der Waals surface area (Å²) >= 11 is 0. The Morgan fingerprint density at radius 1 is 1.78 bits per heavy atom. The van der Waals surface area contributed by atoms with Crippen molar-refractivity contribution in [3.05, 3.63) is 17.4 Å². The molecule has 48 valence electrons. The van der Waals surface area contributed by atoms with Gasteiger partial charge in [0, 0.05) is 5.56 Å². The molecule has 1 aromatic heterocycles. The number of rotatable bonds is 1. The number of hydrogen-bond donors (Lipinski definition) is 1. The van der Waals surface area contributed by atoms with Gasteiger partial charge in [0.1, 0.15) is 0 Å². The van der Waals surface area contributed by atoms with Gasteiger partial charge >= 0.3 is 0 Å². The largest absolute Gasteiger partial charge is 0.481 e. The van der Waals surface area contributed by atoms with Crippen LogP contribution in [0.25, 0.3) is 0 Å². The summed E-state index contributed by atoms with van der Waals surface area (Å²) in [7, 11) is 0. The Hall–Kier alpha value is -1.25. The average molecular weight is 126 g/mol. The van der Waals surface area contributed by atoms with Crippen LogP contribution in [0.2, 0.25) is 0 Å². The highest BCUT2D eigenvalue weighted by molar-refractivity contribution is 5.71. The highest BCUT2D eigenvalue weighted by Crippen LogP contribution is 2.18. The molecule has 0 aromatic carbocycles. The number of carbonyl (C=O) groups excluding carboxylic acids is 1. The van der Waals surface area contributed by atoms with E-state index >= 15 is 0 Å². The lowest BCUT2D eigenvalue weighted by Gasteiger charge is -1.79. The van der Waals surface area contributed by atoms with E-state index in [4.69, 9.17) is 5.11 Å². The Labute approximate surface area is 51.9 Å². The van der Waals surface area contributed by atoms with E-state index in [1.165, 1.54) is 6.07 Å². The Bertz CT molecular complexity index is 205. The summed E-state index contributed by atoms with van der Waals surface area (Å²) in [4.78, 5) is 9.97. The molecule has 0 aliphatic rings. The molecule has 3 nitrogen and oxygen atoms in total. The number of aldehydes is 1. The van der Waals surface area contributed by atoms with Crippen LogP contribution in [0.15, 0.2) is 10.5 Å². The third-order valence-corrected chi connectivity index (χ3v) is 1.03. The van der Waals surface area contributed by atoms with Gasteiger partial charge in [-0.1, -0.05) is 0 Å². The van der Waals surface area contributed by atoms with Gasteiger partial charge in [0.25, 0.3) is 5.95 Å². The number of carbonyl (C=O) groups is 1. The fourth-order valence-electron chi connectivity index (χ4n) is 0.555. The third-order valence-electron chi connectivity index (χ3n) is 1.03. The summed E-state index contributed by atoms with van der Waals surface area (Å²) in [6.45, 7) is 1.66. The first-order chi connectivity index (χ1) is 4.24. The van der Waals surface area contributed by atoms with Crippen molar-refractivity contribution in [3.63, 3.8) is 0 Å². The predicted octanol–water partition coefficient (Wildman–Crippen LogP) is 1.11. The molecule has 1 N–H and O–H groups in total. The summed E-state index contributed by atoms with van der Waals surface area (Å²) in [6.07, 6.45) is 0.548. The van der Waals surface area contributed by atoms with Crippen LogP contribution >= 0.6 is 0 Å². The molecule has 3 heteroatoms. The molecule has 0 aliphatic heterocycles. The SMILES string of the molecule is Cc1cc(C=O)oc1O. The van der Waals surface area contributed by atoms with Gasteiger partial charge in [-0.25, -0.2) is 0 Å². The van der Waals surface area contributed by atoms with Crippen LogP contribution in [0.1, 0.15) is 16.1 Å². The second-order valence-corrected chi connectivity index (χ2v) is 1.75. The lowest BCUT2D eigenvalue weighted by molar-refractivity contribution is 0.109. The molecule has 1 rings (SSSR count). The van der Waals surface area contributed by atoms with Gasteiger partial charge in [-0.2, -0.15) is 0 Å². The van der Waals surface area contributed by atoms with Crippen molar-refractivity contribution in [2.45, 2.75) is 6.92 Å². The zero-order valence-electron chi connectivity index (χ0n) is 4.92. The molecular weight excluding hydrogens is 120 g/mol. The first kappa shape index (κ1) is 5.88. The molecule has 0 bridgehead atoms. The van der Waals surface area contributed by atoms with E-state index in [1.54, 1.807) is 6.92 Å². The number of hydrogen-bond acceptors (Lipinski definition) is 3. The molecule has 0 fully saturated rings. The fourth-order valence-corrected chi connectivity index (χ4v) is 0.555. The fraction of sp³-hybridized carbons (Fsp3) is 0.167. The Morgan fingerprint density at radius 3 is 2.67 bits per heavy atom. The summed E-state index contributed by atoms with van der Waals surface area (Å²) in [5.41, 5.74) is 0.581. The third kappa shape index (κ3) is 0.937. The Kier molecular flexibility index (Phi) is 1.26. The number of aromatic hydroxyl groups is 1. The van der Waals surface area contributed by atoms with Crippen LogP contribution < -0.4 is 0 Å². The van der Waals surface area contributed by atoms with Gasteiger partial charge in [0.15, 0.2) is 12.0 Å². The molecule has 0 saturated carbocycles. The van der Waals surface area contributed by atoms with Crippen molar-refractivity contribution in [1.82, 2.24) is 0 Å². The van der Waals surface area contributed by atoms with Gasteiger partial charge in [-0.3, -0.25) is 4.79 Å². The molecule has 0 spiro atoms. The molecule has 0 unspecified atom stereocenters. The molecule has 0 atom stereocenters. The highest BCUT2D eigenvalue weighted by atomic mass is 16.5. The molecule has 0 radical (unpaired) electrons. The van der Waals surface area contributed by atoms with Crippen molar-refractivity contribution in [1.29, 1.82) is 0 Å². The van der Waals surface area contributed by atoms with Crippen LogP contribution in [0.3, 0.4) is 0 Å². The number of furan rings is 1. The van der Waals surface area contributed by atoms with E-state index in [1.807, 2.05) is 0 Å². The second kappa shape index (κ2) is 1.93. The van der Waals surface area contributed by atoms with Gasteiger partial charge in [0.05, 0.1) is 0 Å². The van der Waals surface area contributed by atoms with Crippen LogP contribution in [0.4, 0.5) is 0 Å². The molecule has 1 heterocycles. The van der Waals surface area contributed by atoms with Gasteiger partial charge < -0.3 is 9.52 Å². The van der Waals surface area contributed by atoms with Gasteiger partial charge in [-0.05, 0) is 13.0 Å². The maximum atomic E-state index is 9.97. The molecular formula is C6H6O3. The summed E-state index contributed by atoms with van der Waals surface area (Å²) in [6, 6.07) is 1.47. The van der Waals surface area contributed by atoms with Crippen molar-refractivity contribution in [3.8, 4) is 5.95 Å². The van der Waals surface area contributed by atoms with E-state index in [-0.39, 0.29) is 11.7 Å². The topological polar surface area (TPSA) is 50.4 Å². The van der Waals surface area contributed by atoms with E-state index < -0.39 is 0 Å². The first-order valence-electron chi connectivity index (χ1n) is 2.48. The van der Waals surface area contributed by atoms with Crippen LogP contribution in [0.5, 0.6) is 5.95 Å². The summed E-state index contributed by atoms with van der Waals surface area (Å²) in [5, 5.41) is 8.75. The van der Waals surface area contributed by atoms with Crippen LogP contribution in [0, 0.1) is 6.92 Å². The molecule has 0 aliphatic carbocycles. The summed E-state index contributed by atoms with van der Waals surface area (Å²) < 4.78 is 4.55. The van der Waals surface area contributed by atoms with E-state index in [0.717, 1.165) is 0 Å². The maximum absolute atomic E-state index is 9.97. The van der Waals surface area contributed by atoms with Crippen molar-refractivity contribution in [2.75, 3.05) is 0 Å². The molecule has 1 aromatic rings. The monoisotopic (exact) mass is 126 g/mol. The van der Waals surface area contributed by atoms with E-state index in [2.05, 4.69) is 4.42 Å². The van der Waals surface area contributed by atoms with Gasteiger partial charge in [-0.15, -0.1) is 0 Å². The van der Waals surface area contributed by atoms with Gasteiger partial charge in [0.2, 0.25) is 0 Å². The zero-order valence-corrected chi connectivity index (χ0v) is 4.92. The van der Waals surface area contributed by atoms with Crippen LogP contribution in [-0.2, 0) is 0 Å². The zero-order chi connectivity index (χ0) is 6.85. The summed E-state index contributed by atoms with van der Waals surface area (Å²) in [5.74, 6) is -0.0258. The van der Waals surface area contributed by atoms with Crippen LogP contribution in [-0.4, -0.2) is 11.4 Å².